The molecule has 1 atom stereocenters. The van der Waals surface area contributed by atoms with Gasteiger partial charge in [-0.1, -0.05) is 0 Å². The number of rotatable bonds is 3. The van der Waals surface area contributed by atoms with E-state index in [2.05, 4.69) is 4.72 Å². The molecule has 6 nitrogen and oxygen atoms in total. The Morgan fingerprint density at radius 2 is 2.07 bits per heavy atom. The van der Waals surface area contributed by atoms with Crippen molar-refractivity contribution < 1.29 is 13.7 Å². The molecule has 0 aliphatic carbocycles. The van der Waals surface area contributed by atoms with Gasteiger partial charge in [0.05, 0.1) is 4.92 Å². The molecule has 0 aliphatic heterocycles. The van der Waals surface area contributed by atoms with E-state index in [0.717, 1.165) is 0 Å². The number of nitrogens with zero attached hydrogens (tertiary/aromatic N) is 1. The molecule has 1 N–H and O–H groups in total. The van der Waals surface area contributed by atoms with Crippen molar-refractivity contribution in [3.05, 3.63) is 33.9 Å². The van der Waals surface area contributed by atoms with Crippen molar-refractivity contribution >= 4 is 52.2 Å². The molecule has 0 saturated carbocycles. The van der Waals surface area contributed by atoms with E-state index in [4.69, 9.17) is 0 Å². The number of hydrogen-bond donors (Lipinski definition) is 1. The van der Waals surface area contributed by atoms with Crippen molar-refractivity contribution in [1.82, 2.24) is 0 Å². The van der Waals surface area contributed by atoms with Crippen molar-refractivity contribution in [3.63, 3.8) is 0 Å². The summed E-state index contributed by atoms with van der Waals surface area (Å²) in [5.41, 5.74) is 0.775. The summed E-state index contributed by atoms with van der Waals surface area (Å²) in [6, 6.07) is 3.89. The van der Waals surface area contributed by atoms with E-state index >= 15 is 0 Å². The first kappa shape index (κ1) is 14.5. The number of hydrogen-bond acceptors (Lipinski definition) is 4. The number of aryl methyl sites for hydroxylation is 1. The quantitative estimate of drug-likeness (QED) is 0.363. The molecule has 1 unspecified atom stereocenters. The maximum Gasteiger partial charge on any atom is 0.269 e. The van der Waals surface area contributed by atoms with E-state index in [1.807, 2.05) is 0 Å². The normalized spacial score (nSPS) is 11.3. The van der Waals surface area contributed by atoms with Crippen LogP contribution in [-0.2, 0) is 11.3 Å². The Labute approximate surface area is 111 Å². The van der Waals surface area contributed by atoms with E-state index in [1.54, 1.807) is 6.92 Å². The van der Waals surface area contributed by atoms with E-state index in [-0.39, 0.29) is 35.2 Å². The molecular formula is C7H7N2NaO4S-. The molecule has 0 amide bonds. The Hall–Kier alpha value is -0.470. The summed E-state index contributed by atoms with van der Waals surface area (Å²) in [5.74, 6) is 0. The van der Waals surface area contributed by atoms with Crippen LogP contribution >= 0.6 is 0 Å². The average Bonchev–Trinajstić information content (AvgIpc) is 2.07. The van der Waals surface area contributed by atoms with Crippen molar-refractivity contribution in [3.8, 4) is 0 Å². The molecule has 0 aromatic heterocycles. The molecule has 0 bridgehead atoms. The van der Waals surface area contributed by atoms with Crippen LogP contribution in [0.15, 0.2) is 18.2 Å². The molecule has 15 heavy (non-hydrogen) atoms. The number of non-ortho nitro benzene ring substituents is 1. The maximum atomic E-state index is 10.4. The van der Waals surface area contributed by atoms with Crippen LogP contribution in [0.4, 0.5) is 11.4 Å². The summed E-state index contributed by atoms with van der Waals surface area (Å²) in [7, 11) is 0. The molecular weight excluding hydrogens is 231 g/mol. The van der Waals surface area contributed by atoms with Gasteiger partial charge in [0.2, 0.25) is 0 Å². The van der Waals surface area contributed by atoms with Gasteiger partial charge in [-0.2, -0.15) is 0 Å². The van der Waals surface area contributed by atoms with Gasteiger partial charge in [0, 0.05) is 58.6 Å². The van der Waals surface area contributed by atoms with Crippen LogP contribution in [0.2, 0.25) is 0 Å². The molecule has 0 aliphatic rings. The first-order valence-electron chi connectivity index (χ1n) is 3.61. The number of benzene rings is 1. The zero-order valence-corrected chi connectivity index (χ0v) is 11.0. The summed E-state index contributed by atoms with van der Waals surface area (Å²) in [6.07, 6.45) is 0. The van der Waals surface area contributed by atoms with E-state index in [9.17, 15) is 18.9 Å². The fourth-order valence-electron chi connectivity index (χ4n) is 0.966. The van der Waals surface area contributed by atoms with E-state index < -0.39 is 16.2 Å². The van der Waals surface area contributed by atoms with Gasteiger partial charge in [0.1, 0.15) is 0 Å². The third-order valence-corrected chi connectivity index (χ3v) is 2.00. The first-order chi connectivity index (χ1) is 6.50. The number of nitrogens with one attached hydrogen (secondary N) is 1. The summed E-state index contributed by atoms with van der Waals surface area (Å²) in [4.78, 5) is 9.81. The van der Waals surface area contributed by atoms with Crippen LogP contribution in [0.25, 0.3) is 0 Å². The minimum atomic E-state index is -2.41. The van der Waals surface area contributed by atoms with Gasteiger partial charge < -0.3 is 9.27 Å². The molecule has 1 aromatic carbocycles. The zero-order valence-electron chi connectivity index (χ0n) is 8.22. The third-order valence-electron chi connectivity index (χ3n) is 1.61. The van der Waals surface area contributed by atoms with Crippen molar-refractivity contribution in [2.75, 3.05) is 4.72 Å². The SMILES string of the molecule is Cc1cc([N+](=O)[O-])ccc1NS(=O)[O-].[Na]. The number of anilines is 1. The molecule has 1 aromatic rings. The minimum absolute atomic E-state index is 0. The van der Waals surface area contributed by atoms with Gasteiger partial charge in [-0.05, 0) is 18.6 Å². The predicted molar refractivity (Wildman–Crippen MR) is 56.1 cm³/mol. The molecule has 77 valence electrons. The zero-order chi connectivity index (χ0) is 10.7. The summed E-state index contributed by atoms with van der Waals surface area (Å²) >= 11 is -2.41. The molecule has 0 fully saturated rings. The molecule has 0 heterocycles. The van der Waals surface area contributed by atoms with Crippen LogP contribution in [0.1, 0.15) is 5.56 Å². The van der Waals surface area contributed by atoms with Crippen molar-refractivity contribution in [1.29, 1.82) is 0 Å². The van der Waals surface area contributed by atoms with Gasteiger partial charge in [-0.15, -0.1) is 0 Å². The smallest absolute Gasteiger partial charge is 0.269 e. The Kier molecular flexibility index (Phi) is 5.99. The second-order valence-corrected chi connectivity index (χ2v) is 3.27. The van der Waals surface area contributed by atoms with Crippen LogP contribution in [0, 0.1) is 17.0 Å². The maximum absolute atomic E-state index is 10.4. The fourth-order valence-corrected chi connectivity index (χ4v) is 1.37. The van der Waals surface area contributed by atoms with Crippen LogP contribution in [0.3, 0.4) is 0 Å². The third kappa shape index (κ3) is 4.27. The van der Waals surface area contributed by atoms with Crippen LogP contribution in [-0.4, -0.2) is 43.2 Å². The molecule has 0 saturated heterocycles. The van der Waals surface area contributed by atoms with Crippen LogP contribution in [0.5, 0.6) is 0 Å². The number of nitro benzene ring substituents is 1. The first-order valence-corrected chi connectivity index (χ1v) is 4.69. The van der Waals surface area contributed by atoms with Gasteiger partial charge >= 0.3 is 0 Å². The Bertz CT molecular complexity index is 399. The van der Waals surface area contributed by atoms with E-state index in [0.29, 0.717) is 11.3 Å². The van der Waals surface area contributed by atoms with Gasteiger partial charge in [0.25, 0.3) is 5.69 Å². The second kappa shape index (κ2) is 6.19. The fraction of sp³-hybridized carbons (Fsp3) is 0.143. The Balaban J connectivity index is 0.00000196. The second-order valence-electron chi connectivity index (χ2n) is 2.59. The largest absolute Gasteiger partial charge is 0.755 e. The summed E-state index contributed by atoms with van der Waals surface area (Å²) in [6.45, 7) is 1.59. The minimum Gasteiger partial charge on any atom is -0.755 e. The molecule has 8 heteroatoms. The van der Waals surface area contributed by atoms with Crippen molar-refractivity contribution in [2.45, 2.75) is 6.92 Å². The number of nitro groups is 1. The van der Waals surface area contributed by atoms with E-state index in [1.165, 1.54) is 18.2 Å². The monoisotopic (exact) mass is 238 g/mol. The Morgan fingerprint density at radius 3 is 2.47 bits per heavy atom. The molecule has 0 spiro atoms. The molecule has 1 radical (unpaired) electrons. The van der Waals surface area contributed by atoms with Crippen LogP contribution < -0.4 is 4.72 Å². The van der Waals surface area contributed by atoms with Gasteiger partial charge in [0.15, 0.2) is 0 Å². The summed E-state index contributed by atoms with van der Waals surface area (Å²) < 4.78 is 22.7. The topological polar surface area (TPSA) is 95.3 Å². The Morgan fingerprint density at radius 1 is 1.47 bits per heavy atom. The average molecular weight is 238 g/mol. The standard InChI is InChI=1S/C7H8N2O4S.Na/c1-5-4-6(9(10)11)2-3-7(5)8-14(12)13;/h2-4,8H,1H3,(H,12,13);/p-1. The van der Waals surface area contributed by atoms with Crippen molar-refractivity contribution in [2.24, 2.45) is 0 Å². The van der Waals surface area contributed by atoms with Gasteiger partial charge in [-0.3, -0.25) is 14.3 Å². The summed E-state index contributed by atoms with van der Waals surface area (Å²) in [5, 5.41) is 10.4. The predicted octanol–water partition coefficient (Wildman–Crippen LogP) is 0.728. The van der Waals surface area contributed by atoms with Gasteiger partial charge in [-0.25, -0.2) is 0 Å². The molecule has 1 rings (SSSR count).